The van der Waals surface area contributed by atoms with Crippen molar-refractivity contribution in [3.8, 4) is 0 Å². The van der Waals surface area contributed by atoms with E-state index in [4.69, 9.17) is 9.47 Å². The zero-order valence-corrected chi connectivity index (χ0v) is 21.1. The van der Waals surface area contributed by atoms with Gasteiger partial charge in [-0.15, -0.1) is 0 Å². The number of likely N-dealkylation sites (tertiary alicyclic amines) is 1. The Morgan fingerprint density at radius 2 is 2.06 bits per heavy atom. The molecule has 0 aromatic rings. The minimum Gasteiger partial charge on any atom is -0.466 e. The predicted molar refractivity (Wildman–Crippen MR) is 122 cm³/mol. The summed E-state index contributed by atoms with van der Waals surface area (Å²) < 4.78 is 11.7. The highest BCUT2D eigenvalue weighted by Gasteiger charge is 2.77. The number of hydrogen-bond acceptors (Lipinski definition) is 6. The summed E-state index contributed by atoms with van der Waals surface area (Å²) in [7, 11) is 0. The van der Waals surface area contributed by atoms with Crippen LogP contribution >= 0.6 is 15.9 Å². The highest BCUT2D eigenvalue weighted by atomic mass is 79.9. The van der Waals surface area contributed by atoms with Crippen LogP contribution in [0.15, 0.2) is 0 Å². The van der Waals surface area contributed by atoms with E-state index in [0.717, 1.165) is 19.3 Å². The molecule has 0 aliphatic carbocycles. The molecular weight excluding hydrogens is 480 g/mol. The van der Waals surface area contributed by atoms with Gasteiger partial charge in [-0.1, -0.05) is 49.5 Å². The van der Waals surface area contributed by atoms with Crippen LogP contribution < -0.4 is 5.32 Å². The molecule has 3 rings (SSSR count). The van der Waals surface area contributed by atoms with Crippen molar-refractivity contribution in [2.24, 2.45) is 17.8 Å². The van der Waals surface area contributed by atoms with Crippen LogP contribution in [0.25, 0.3) is 0 Å². The predicted octanol–water partition coefficient (Wildman–Crippen LogP) is 2.01. The summed E-state index contributed by atoms with van der Waals surface area (Å²) in [5.41, 5.74) is -1.10. The Morgan fingerprint density at radius 3 is 2.66 bits per heavy atom. The lowest BCUT2D eigenvalue weighted by Crippen LogP contribution is -2.58. The Labute approximate surface area is 198 Å². The smallest absolute Gasteiger partial charge is 0.312 e. The van der Waals surface area contributed by atoms with Gasteiger partial charge in [0.15, 0.2) is 0 Å². The molecule has 3 fully saturated rings. The van der Waals surface area contributed by atoms with E-state index in [9.17, 15) is 19.5 Å². The molecule has 1 spiro atoms. The minimum absolute atomic E-state index is 0.158. The third kappa shape index (κ3) is 4.32. The van der Waals surface area contributed by atoms with Crippen LogP contribution in [0.3, 0.4) is 0 Å². The number of ether oxygens (including phenoxy) is 2. The molecule has 0 aromatic carbocycles. The van der Waals surface area contributed by atoms with E-state index >= 15 is 0 Å². The quantitative estimate of drug-likeness (QED) is 0.247. The van der Waals surface area contributed by atoms with Crippen molar-refractivity contribution in [1.29, 1.82) is 0 Å². The lowest BCUT2D eigenvalue weighted by Gasteiger charge is -2.37. The van der Waals surface area contributed by atoms with Crippen LogP contribution in [0.5, 0.6) is 0 Å². The fourth-order valence-corrected chi connectivity index (χ4v) is 6.71. The Morgan fingerprint density at radius 1 is 1.34 bits per heavy atom. The Bertz CT molecular complexity index is 719. The summed E-state index contributed by atoms with van der Waals surface area (Å²) >= 11 is 3.63. The largest absolute Gasteiger partial charge is 0.466 e. The van der Waals surface area contributed by atoms with Gasteiger partial charge in [-0.2, -0.15) is 0 Å². The van der Waals surface area contributed by atoms with Crippen LogP contribution in [0.1, 0.15) is 59.8 Å². The maximum atomic E-state index is 13.8. The molecule has 0 saturated carbocycles. The number of carbonyl (C=O) groups excluding carboxylic acids is 3. The lowest BCUT2D eigenvalue weighted by atomic mass is 9.70. The molecule has 3 aliphatic rings. The van der Waals surface area contributed by atoms with Crippen LogP contribution in [0.4, 0.5) is 0 Å². The number of amides is 2. The van der Waals surface area contributed by atoms with Crippen molar-refractivity contribution < 1.29 is 29.0 Å². The first kappa shape index (κ1) is 25.4. The van der Waals surface area contributed by atoms with Gasteiger partial charge in [0.25, 0.3) is 0 Å². The van der Waals surface area contributed by atoms with Crippen molar-refractivity contribution in [1.82, 2.24) is 10.2 Å². The van der Waals surface area contributed by atoms with Crippen molar-refractivity contribution in [3.05, 3.63) is 0 Å². The Kier molecular flexibility index (Phi) is 8.25. The normalized spacial score (nSPS) is 34.2. The molecule has 8 nitrogen and oxygen atoms in total. The van der Waals surface area contributed by atoms with Gasteiger partial charge in [0, 0.05) is 11.4 Å². The average Bonchev–Trinajstić information content (AvgIpc) is 3.33. The van der Waals surface area contributed by atoms with E-state index < -0.39 is 41.6 Å². The fraction of sp³-hybridized carbons (Fsp3) is 0.870. The number of aliphatic hydroxyl groups is 1. The van der Waals surface area contributed by atoms with Crippen LogP contribution in [-0.2, 0) is 23.9 Å². The Balaban J connectivity index is 1.99. The number of rotatable bonds is 11. The van der Waals surface area contributed by atoms with E-state index in [1.807, 2.05) is 13.8 Å². The molecule has 9 heteroatoms. The van der Waals surface area contributed by atoms with Crippen molar-refractivity contribution in [2.75, 3.05) is 19.8 Å². The van der Waals surface area contributed by atoms with Crippen molar-refractivity contribution in [3.63, 3.8) is 0 Å². The molecule has 2 bridgehead atoms. The van der Waals surface area contributed by atoms with E-state index in [-0.39, 0.29) is 35.8 Å². The SMILES string of the molecule is CCCCCNC(=O)[C@@H]1N([C@@H](CO)CC(C)C)C(=O)[C@H]2[C@H](C(=O)OCC)[C@H]3O[C@@]12CC3Br. The second kappa shape index (κ2) is 10.4. The molecular formula is C23H37BrN2O6. The van der Waals surface area contributed by atoms with Crippen LogP contribution in [0, 0.1) is 17.8 Å². The molecule has 3 heterocycles. The maximum Gasteiger partial charge on any atom is 0.312 e. The maximum absolute atomic E-state index is 13.8. The van der Waals surface area contributed by atoms with Crippen LogP contribution in [-0.4, -0.2) is 76.2 Å². The van der Waals surface area contributed by atoms with Gasteiger partial charge in [0.1, 0.15) is 11.6 Å². The second-order valence-electron chi connectivity index (χ2n) is 9.63. The van der Waals surface area contributed by atoms with Gasteiger partial charge >= 0.3 is 5.97 Å². The molecule has 0 aromatic heterocycles. The lowest BCUT2D eigenvalue weighted by molar-refractivity contribution is -0.155. The zero-order chi connectivity index (χ0) is 23.6. The zero-order valence-electron chi connectivity index (χ0n) is 19.5. The van der Waals surface area contributed by atoms with Gasteiger partial charge in [0.2, 0.25) is 11.8 Å². The summed E-state index contributed by atoms with van der Waals surface area (Å²) in [5, 5.41) is 13.2. The number of halogens is 1. The number of esters is 1. The molecule has 7 atom stereocenters. The van der Waals surface area contributed by atoms with E-state index in [1.165, 1.54) is 4.90 Å². The number of hydrogen-bond donors (Lipinski definition) is 2. The van der Waals surface area contributed by atoms with Crippen molar-refractivity contribution >= 4 is 33.7 Å². The molecule has 2 N–H and O–H groups in total. The number of aliphatic hydroxyl groups excluding tert-OH is 1. The number of nitrogens with zero attached hydrogens (tertiary/aromatic N) is 1. The first-order chi connectivity index (χ1) is 15.2. The number of fused-ring (bicyclic) bond motifs is 1. The topological polar surface area (TPSA) is 105 Å². The van der Waals surface area contributed by atoms with E-state index in [2.05, 4.69) is 28.2 Å². The van der Waals surface area contributed by atoms with E-state index in [0.29, 0.717) is 19.4 Å². The Hall–Kier alpha value is -1.19. The molecule has 1 unspecified atom stereocenters. The summed E-state index contributed by atoms with van der Waals surface area (Å²) in [4.78, 5) is 41.5. The molecule has 3 saturated heterocycles. The number of alkyl halides is 1. The standard InChI is InChI=1S/C23H37BrN2O6/c1-5-7-8-9-25-20(28)19-23-11-15(24)18(32-23)16(22(30)31-6-2)17(23)21(29)26(19)14(12-27)10-13(3)4/h13-19,27H,5-12H2,1-4H3,(H,25,28)/t14-,15?,16+,17-,18+,19+,23-/m1/s1. The highest BCUT2D eigenvalue weighted by Crippen LogP contribution is 2.60. The van der Waals surface area contributed by atoms with E-state index in [1.54, 1.807) is 6.92 Å². The molecule has 32 heavy (non-hydrogen) atoms. The third-order valence-electron chi connectivity index (χ3n) is 6.96. The average molecular weight is 517 g/mol. The van der Waals surface area contributed by atoms with Gasteiger partial charge in [-0.25, -0.2) is 0 Å². The summed E-state index contributed by atoms with van der Waals surface area (Å²) in [6, 6.07) is -1.41. The minimum atomic E-state index is -1.10. The summed E-state index contributed by atoms with van der Waals surface area (Å²) in [6.45, 7) is 8.32. The van der Waals surface area contributed by atoms with Gasteiger partial charge in [0.05, 0.1) is 37.2 Å². The van der Waals surface area contributed by atoms with Crippen LogP contribution in [0.2, 0.25) is 0 Å². The molecule has 0 radical (unpaired) electrons. The number of unbranched alkanes of at least 4 members (excludes halogenated alkanes) is 2. The molecule has 3 aliphatic heterocycles. The molecule has 182 valence electrons. The molecule has 2 amide bonds. The second-order valence-corrected chi connectivity index (χ2v) is 10.8. The fourth-order valence-electron chi connectivity index (χ4n) is 5.77. The third-order valence-corrected chi connectivity index (χ3v) is 7.81. The number of nitrogens with one attached hydrogen (secondary N) is 1. The monoisotopic (exact) mass is 516 g/mol. The van der Waals surface area contributed by atoms with Gasteiger partial charge in [-0.3, -0.25) is 14.4 Å². The van der Waals surface area contributed by atoms with Crippen molar-refractivity contribution in [2.45, 2.75) is 88.4 Å². The highest BCUT2D eigenvalue weighted by molar-refractivity contribution is 9.09. The summed E-state index contributed by atoms with van der Waals surface area (Å²) in [6.07, 6.45) is 3.38. The first-order valence-corrected chi connectivity index (χ1v) is 12.8. The summed E-state index contributed by atoms with van der Waals surface area (Å²) in [5.74, 6) is -2.36. The number of carbonyl (C=O) groups is 3. The first-order valence-electron chi connectivity index (χ1n) is 11.9. The van der Waals surface area contributed by atoms with Gasteiger partial charge < -0.3 is 24.8 Å². The van der Waals surface area contributed by atoms with Gasteiger partial charge in [-0.05, 0) is 32.1 Å².